The molecule has 33 heavy (non-hydrogen) atoms. The van der Waals surface area contributed by atoms with Crippen LogP contribution in [0.4, 0.5) is 11.4 Å². The lowest BCUT2D eigenvalue weighted by Gasteiger charge is -2.16. The molecule has 178 valence electrons. The molecule has 0 aliphatic carbocycles. The van der Waals surface area contributed by atoms with Gasteiger partial charge in [-0.1, -0.05) is 0 Å². The standard InChI is InChI=1S/C23H28N2O8/c1-6-30-19-11-16(12-20(31-7-2)22(19)32-8-3)23(27)33-13-21(26)24-17-9-14(4)15(5)10-18(17)25(28)29/h9-12H,6-8,13H2,1-5H3,(H,24,26). The molecule has 0 aliphatic heterocycles. The van der Waals surface area contributed by atoms with E-state index in [2.05, 4.69) is 5.32 Å². The van der Waals surface area contributed by atoms with E-state index >= 15 is 0 Å². The number of carbonyl (C=O) groups is 2. The molecule has 0 spiro atoms. The van der Waals surface area contributed by atoms with Gasteiger partial charge in [0.2, 0.25) is 5.75 Å². The molecule has 0 aromatic heterocycles. The quantitative estimate of drug-likeness (QED) is 0.300. The van der Waals surface area contributed by atoms with Crippen LogP contribution in [0.1, 0.15) is 42.3 Å². The first kappa shape index (κ1) is 25.4. The number of ether oxygens (including phenoxy) is 4. The Morgan fingerprint density at radius 1 is 0.909 bits per heavy atom. The Hall–Kier alpha value is -3.82. The van der Waals surface area contributed by atoms with Crippen LogP contribution >= 0.6 is 0 Å². The van der Waals surface area contributed by atoms with Crippen LogP contribution in [-0.2, 0) is 9.53 Å². The summed E-state index contributed by atoms with van der Waals surface area (Å²) in [6.45, 7) is 9.30. The number of nitro benzene ring substituents is 1. The lowest BCUT2D eigenvalue weighted by molar-refractivity contribution is -0.384. The van der Waals surface area contributed by atoms with Crippen molar-refractivity contribution in [3.63, 3.8) is 0 Å². The van der Waals surface area contributed by atoms with Gasteiger partial charge in [0.1, 0.15) is 5.69 Å². The first-order valence-electron chi connectivity index (χ1n) is 10.5. The van der Waals surface area contributed by atoms with Crippen LogP contribution in [0.25, 0.3) is 0 Å². The van der Waals surface area contributed by atoms with Crippen LogP contribution in [0.2, 0.25) is 0 Å². The maximum absolute atomic E-state index is 12.6. The van der Waals surface area contributed by atoms with Crippen molar-refractivity contribution in [2.24, 2.45) is 0 Å². The summed E-state index contributed by atoms with van der Waals surface area (Å²) in [5.74, 6) is -0.502. The zero-order valence-corrected chi connectivity index (χ0v) is 19.4. The number of aryl methyl sites for hydroxylation is 2. The van der Waals surface area contributed by atoms with Crippen LogP contribution < -0.4 is 19.5 Å². The second-order valence-corrected chi connectivity index (χ2v) is 6.94. The highest BCUT2D eigenvalue weighted by molar-refractivity contribution is 5.97. The SMILES string of the molecule is CCOc1cc(C(=O)OCC(=O)Nc2cc(C)c(C)cc2[N+](=O)[O-])cc(OCC)c1OCC. The summed E-state index contributed by atoms with van der Waals surface area (Å²) in [7, 11) is 0. The molecule has 1 N–H and O–H groups in total. The third kappa shape index (κ3) is 6.58. The molecule has 0 unspecified atom stereocenters. The molecule has 0 heterocycles. The largest absolute Gasteiger partial charge is 0.490 e. The smallest absolute Gasteiger partial charge is 0.338 e. The highest BCUT2D eigenvalue weighted by Crippen LogP contribution is 2.39. The normalized spacial score (nSPS) is 10.3. The van der Waals surface area contributed by atoms with E-state index in [-0.39, 0.29) is 16.9 Å². The average molecular weight is 460 g/mol. The number of benzene rings is 2. The molecule has 10 heteroatoms. The Morgan fingerprint density at radius 2 is 1.45 bits per heavy atom. The molecule has 0 saturated heterocycles. The van der Waals surface area contributed by atoms with Crippen molar-refractivity contribution in [2.45, 2.75) is 34.6 Å². The maximum Gasteiger partial charge on any atom is 0.338 e. The van der Waals surface area contributed by atoms with E-state index < -0.39 is 23.4 Å². The van der Waals surface area contributed by atoms with Crippen LogP contribution in [0, 0.1) is 24.0 Å². The number of anilines is 1. The minimum atomic E-state index is -0.787. The molecule has 0 saturated carbocycles. The van der Waals surface area contributed by atoms with Crippen LogP contribution in [-0.4, -0.2) is 43.2 Å². The van der Waals surface area contributed by atoms with Crippen LogP contribution in [0.3, 0.4) is 0 Å². The second-order valence-electron chi connectivity index (χ2n) is 6.94. The van der Waals surface area contributed by atoms with Crippen molar-refractivity contribution in [1.29, 1.82) is 0 Å². The van der Waals surface area contributed by atoms with E-state index in [0.29, 0.717) is 37.1 Å². The molecular formula is C23H28N2O8. The number of amides is 1. The van der Waals surface area contributed by atoms with E-state index in [9.17, 15) is 19.7 Å². The van der Waals surface area contributed by atoms with Gasteiger partial charge in [0, 0.05) is 6.07 Å². The van der Waals surface area contributed by atoms with E-state index in [4.69, 9.17) is 18.9 Å². The summed E-state index contributed by atoms with van der Waals surface area (Å²) in [4.78, 5) is 35.6. The van der Waals surface area contributed by atoms with Gasteiger partial charge in [-0.3, -0.25) is 14.9 Å². The van der Waals surface area contributed by atoms with E-state index in [1.54, 1.807) is 27.7 Å². The van der Waals surface area contributed by atoms with Gasteiger partial charge in [-0.05, 0) is 63.9 Å². The van der Waals surface area contributed by atoms with E-state index in [1.165, 1.54) is 24.3 Å². The summed E-state index contributed by atoms with van der Waals surface area (Å²) in [6, 6.07) is 5.78. The molecule has 1 amide bonds. The van der Waals surface area contributed by atoms with Crippen molar-refractivity contribution in [2.75, 3.05) is 31.7 Å². The van der Waals surface area contributed by atoms with Crippen molar-refractivity contribution < 1.29 is 33.5 Å². The summed E-state index contributed by atoms with van der Waals surface area (Å²) in [5.41, 5.74) is 1.39. The van der Waals surface area contributed by atoms with Crippen LogP contribution in [0.5, 0.6) is 17.2 Å². The molecule has 2 rings (SSSR count). The molecule has 2 aromatic rings. The second kappa shape index (κ2) is 11.7. The molecule has 0 radical (unpaired) electrons. The summed E-state index contributed by atoms with van der Waals surface area (Å²) in [5, 5.41) is 13.7. The zero-order chi connectivity index (χ0) is 24.5. The number of esters is 1. The Labute approximate surface area is 191 Å². The fourth-order valence-corrected chi connectivity index (χ4v) is 2.96. The number of hydrogen-bond acceptors (Lipinski definition) is 8. The van der Waals surface area contributed by atoms with Crippen LogP contribution in [0.15, 0.2) is 24.3 Å². The number of hydrogen-bond donors (Lipinski definition) is 1. The van der Waals surface area contributed by atoms with Gasteiger partial charge in [-0.15, -0.1) is 0 Å². The average Bonchev–Trinajstić information content (AvgIpc) is 2.76. The third-order valence-corrected chi connectivity index (χ3v) is 4.56. The molecule has 0 atom stereocenters. The molecule has 0 bridgehead atoms. The fraction of sp³-hybridized carbons (Fsp3) is 0.391. The summed E-state index contributed by atoms with van der Waals surface area (Å²) < 4.78 is 21.9. The molecular weight excluding hydrogens is 432 g/mol. The van der Waals surface area contributed by atoms with Gasteiger partial charge in [0.25, 0.3) is 11.6 Å². The monoisotopic (exact) mass is 460 g/mol. The lowest BCUT2D eigenvalue weighted by Crippen LogP contribution is -2.21. The van der Waals surface area contributed by atoms with E-state index in [0.717, 1.165) is 11.1 Å². The number of nitrogens with one attached hydrogen (secondary N) is 1. The first-order chi connectivity index (χ1) is 15.7. The molecule has 0 fully saturated rings. The van der Waals surface area contributed by atoms with E-state index in [1.807, 2.05) is 6.92 Å². The highest BCUT2D eigenvalue weighted by atomic mass is 16.6. The topological polar surface area (TPSA) is 126 Å². The van der Waals surface area contributed by atoms with Gasteiger partial charge in [-0.2, -0.15) is 0 Å². The van der Waals surface area contributed by atoms with Crippen molar-refractivity contribution >= 4 is 23.3 Å². The van der Waals surface area contributed by atoms with Crippen molar-refractivity contribution in [1.82, 2.24) is 0 Å². The zero-order valence-electron chi connectivity index (χ0n) is 19.4. The van der Waals surface area contributed by atoms with Gasteiger partial charge in [-0.25, -0.2) is 4.79 Å². The predicted molar refractivity (Wildman–Crippen MR) is 121 cm³/mol. The Bertz CT molecular complexity index is 1010. The van der Waals surface area contributed by atoms with Gasteiger partial charge >= 0.3 is 5.97 Å². The summed E-state index contributed by atoms with van der Waals surface area (Å²) in [6.07, 6.45) is 0. The third-order valence-electron chi connectivity index (χ3n) is 4.56. The first-order valence-corrected chi connectivity index (χ1v) is 10.5. The Kier molecular flexibility index (Phi) is 9.02. The Morgan fingerprint density at radius 3 is 1.97 bits per heavy atom. The number of carbonyl (C=O) groups excluding carboxylic acids is 2. The van der Waals surface area contributed by atoms with Crippen molar-refractivity contribution in [3.05, 3.63) is 51.1 Å². The molecule has 0 aliphatic rings. The highest BCUT2D eigenvalue weighted by Gasteiger charge is 2.21. The molecule has 10 nitrogen and oxygen atoms in total. The maximum atomic E-state index is 12.6. The minimum Gasteiger partial charge on any atom is -0.490 e. The summed E-state index contributed by atoms with van der Waals surface area (Å²) >= 11 is 0. The van der Waals surface area contributed by atoms with Gasteiger partial charge in [0.15, 0.2) is 18.1 Å². The van der Waals surface area contributed by atoms with Gasteiger partial charge in [0.05, 0.1) is 30.3 Å². The van der Waals surface area contributed by atoms with Crippen molar-refractivity contribution in [3.8, 4) is 17.2 Å². The number of rotatable bonds is 11. The fourth-order valence-electron chi connectivity index (χ4n) is 2.96. The van der Waals surface area contributed by atoms with Gasteiger partial charge < -0.3 is 24.3 Å². The Balaban J connectivity index is 2.18. The number of nitro groups is 1. The molecule has 2 aromatic carbocycles. The lowest BCUT2D eigenvalue weighted by atomic mass is 10.1. The predicted octanol–water partition coefficient (Wildman–Crippen LogP) is 4.20. The minimum absolute atomic E-state index is 0.0301. The number of nitrogens with zero attached hydrogens (tertiary/aromatic N) is 1.